The molecule has 3 rings (SSSR count). The molecule has 10 heteroatoms. The number of para-hydroxylation sites is 1. The highest BCUT2D eigenvalue weighted by Crippen LogP contribution is 2.19. The molecule has 3 atom stereocenters. The van der Waals surface area contributed by atoms with Gasteiger partial charge in [-0.2, -0.15) is 11.8 Å². The summed E-state index contributed by atoms with van der Waals surface area (Å²) in [6.07, 6.45) is 4.31. The van der Waals surface area contributed by atoms with Crippen molar-refractivity contribution >= 4 is 40.4 Å². The van der Waals surface area contributed by atoms with E-state index in [0.29, 0.717) is 17.7 Å². The molecule has 2 aromatic carbocycles. The van der Waals surface area contributed by atoms with Crippen molar-refractivity contribution in [2.24, 2.45) is 5.73 Å². The van der Waals surface area contributed by atoms with Crippen LogP contribution in [0.25, 0.3) is 10.9 Å². The van der Waals surface area contributed by atoms with Crippen LogP contribution >= 0.6 is 11.8 Å². The number of phenolic OH excluding ortho intramolecular Hbond substituents is 1. The minimum absolute atomic E-state index is 0.0162. The van der Waals surface area contributed by atoms with E-state index in [1.54, 1.807) is 30.1 Å². The maximum absolute atomic E-state index is 13.3. The van der Waals surface area contributed by atoms with E-state index in [0.717, 1.165) is 16.5 Å². The normalized spacial score (nSPS) is 13.7. The molecule has 0 aliphatic rings. The number of aromatic nitrogens is 1. The van der Waals surface area contributed by atoms with Crippen molar-refractivity contribution in [1.82, 2.24) is 15.6 Å². The van der Waals surface area contributed by atoms with Crippen LogP contribution in [0.15, 0.2) is 54.7 Å². The lowest BCUT2D eigenvalue weighted by atomic mass is 10.0. The number of hydrogen-bond donors (Lipinski definition) is 6. The van der Waals surface area contributed by atoms with E-state index in [9.17, 15) is 24.6 Å². The first kappa shape index (κ1) is 26.1. The molecule has 3 aromatic rings. The zero-order valence-electron chi connectivity index (χ0n) is 19.4. The number of nitrogens with two attached hydrogens (primary N) is 1. The molecule has 0 saturated carbocycles. The summed E-state index contributed by atoms with van der Waals surface area (Å²) in [6.45, 7) is 0. The number of carboxylic acid groups (broad SMARTS) is 1. The minimum atomic E-state index is -1.22. The molecule has 0 aliphatic carbocycles. The average molecular weight is 499 g/mol. The van der Waals surface area contributed by atoms with Crippen molar-refractivity contribution in [3.8, 4) is 5.75 Å². The Morgan fingerprint density at radius 1 is 1.00 bits per heavy atom. The van der Waals surface area contributed by atoms with Gasteiger partial charge in [-0.15, -0.1) is 0 Å². The third-order valence-corrected chi connectivity index (χ3v) is 6.34. The summed E-state index contributed by atoms with van der Waals surface area (Å²) in [4.78, 5) is 41.0. The second kappa shape index (κ2) is 12.3. The Labute approximate surface area is 207 Å². The summed E-state index contributed by atoms with van der Waals surface area (Å²) < 4.78 is 0. The largest absolute Gasteiger partial charge is 0.508 e. The van der Waals surface area contributed by atoms with Gasteiger partial charge in [-0.25, -0.2) is 4.79 Å². The van der Waals surface area contributed by atoms with Crippen LogP contribution in [-0.2, 0) is 27.2 Å². The molecule has 35 heavy (non-hydrogen) atoms. The van der Waals surface area contributed by atoms with E-state index in [-0.39, 0.29) is 18.6 Å². The molecule has 7 N–H and O–H groups in total. The van der Waals surface area contributed by atoms with Gasteiger partial charge >= 0.3 is 5.97 Å². The summed E-state index contributed by atoms with van der Waals surface area (Å²) in [5, 5.41) is 25.3. The molecule has 9 nitrogen and oxygen atoms in total. The zero-order chi connectivity index (χ0) is 25.4. The number of carbonyl (C=O) groups is 3. The Kier molecular flexibility index (Phi) is 9.16. The van der Waals surface area contributed by atoms with E-state index in [1.807, 2.05) is 30.5 Å². The summed E-state index contributed by atoms with van der Waals surface area (Å²) in [5.74, 6) is -1.54. The Hall–Kier alpha value is -3.50. The lowest BCUT2D eigenvalue weighted by molar-refractivity contribution is -0.142. The van der Waals surface area contributed by atoms with E-state index >= 15 is 0 Å². The highest BCUT2D eigenvalue weighted by molar-refractivity contribution is 7.98. The number of phenols is 1. The van der Waals surface area contributed by atoms with Gasteiger partial charge < -0.3 is 31.6 Å². The zero-order valence-corrected chi connectivity index (χ0v) is 20.2. The number of nitrogens with one attached hydrogen (secondary N) is 3. The van der Waals surface area contributed by atoms with Crippen molar-refractivity contribution in [2.45, 2.75) is 37.4 Å². The second-order valence-corrected chi connectivity index (χ2v) is 9.27. The predicted octanol–water partition coefficient (Wildman–Crippen LogP) is 1.79. The van der Waals surface area contributed by atoms with Gasteiger partial charge in [-0.3, -0.25) is 9.59 Å². The van der Waals surface area contributed by atoms with E-state index < -0.39 is 35.9 Å². The van der Waals surface area contributed by atoms with Gasteiger partial charge in [-0.1, -0.05) is 30.3 Å². The number of aromatic hydroxyl groups is 1. The molecule has 0 saturated heterocycles. The van der Waals surface area contributed by atoms with Crippen molar-refractivity contribution in [1.29, 1.82) is 0 Å². The molecule has 0 aliphatic heterocycles. The van der Waals surface area contributed by atoms with Crippen LogP contribution in [0.4, 0.5) is 0 Å². The number of benzene rings is 2. The molecule has 2 amide bonds. The molecule has 0 bridgehead atoms. The fraction of sp³-hybridized carbons (Fsp3) is 0.320. The van der Waals surface area contributed by atoms with Crippen LogP contribution in [0.3, 0.4) is 0 Å². The Morgan fingerprint density at radius 2 is 1.69 bits per heavy atom. The molecule has 0 unspecified atom stereocenters. The Bertz CT molecular complexity index is 1160. The number of thioether (sulfide) groups is 1. The lowest BCUT2D eigenvalue weighted by Gasteiger charge is -2.23. The first-order valence-corrected chi connectivity index (χ1v) is 12.6. The topological polar surface area (TPSA) is 158 Å². The van der Waals surface area contributed by atoms with Crippen LogP contribution < -0.4 is 16.4 Å². The highest BCUT2D eigenvalue weighted by Gasteiger charge is 2.29. The third-order valence-electron chi connectivity index (χ3n) is 5.69. The highest BCUT2D eigenvalue weighted by atomic mass is 32.2. The van der Waals surface area contributed by atoms with E-state index in [2.05, 4.69) is 15.6 Å². The summed E-state index contributed by atoms with van der Waals surface area (Å²) in [5.41, 5.74) is 8.33. The number of aromatic amines is 1. The molecule has 186 valence electrons. The van der Waals surface area contributed by atoms with Gasteiger partial charge in [0, 0.05) is 29.9 Å². The Morgan fingerprint density at radius 3 is 2.37 bits per heavy atom. The van der Waals surface area contributed by atoms with Crippen LogP contribution in [0.5, 0.6) is 5.75 Å². The number of amides is 2. The average Bonchev–Trinajstić information content (AvgIpc) is 3.25. The van der Waals surface area contributed by atoms with Crippen molar-refractivity contribution in [2.75, 3.05) is 12.0 Å². The van der Waals surface area contributed by atoms with Gasteiger partial charge in [0.25, 0.3) is 0 Å². The molecule has 1 heterocycles. The minimum Gasteiger partial charge on any atom is -0.508 e. The Balaban J connectivity index is 1.80. The maximum Gasteiger partial charge on any atom is 0.326 e. The van der Waals surface area contributed by atoms with Gasteiger partial charge in [0.1, 0.15) is 17.8 Å². The standard InChI is InChI=1S/C25H30N4O5S/c1-35-11-10-19(26)23(31)28-21(13-16-14-27-20-5-3-2-4-18(16)20)24(32)29-22(25(33)34)12-15-6-8-17(30)9-7-15/h2-9,14,19,21-22,27,30H,10-13,26H2,1H3,(H,28,31)(H,29,32)(H,33,34)/t19-,21-,22-/m0/s1. The molecule has 1 aromatic heterocycles. The first-order valence-electron chi connectivity index (χ1n) is 11.2. The number of carboxylic acids is 1. The number of rotatable bonds is 12. The van der Waals surface area contributed by atoms with Crippen molar-refractivity contribution < 1.29 is 24.6 Å². The smallest absolute Gasteiger partial charge is 0.326 e. The fourth-order valence-corrected chi connectivity index (χ4v) is 4.21. The fourth-order valence-electron chi connectivity index (χ4n) is 3.72. The van der Waals surface area contributed by atoms with Gasteiger partial charge in [-0.05, 0) is 47.8 Å². The molecule has 0 fully saturated rings. The van der Waals surface area contributed by atoms with Gasteiger partial charge in [0.05, 0.1) is 6.04 Å². The summed E-state index contributed by atoms with van der Waals surface area (Å²) >= 11 is 1.57. The molecular weight excluding hydrogens is 468 g/mol. The molecule has 0 spiro atoms. The lowest BCUT2D eigenvalue weighted by Crippen LogP contribution is -2.55. The first-order chi connectivity index (χ1) is 16.8. The second-order valence-electron chi connectivity index (χ2n) is 8.28. The summed E-state index contributed by atoms with van der Waals surface area (Å²) in [6, 6.07) is 10.6. The molecular formula is C25H30N4O5S. The summed E-state index contributed by atoms with van der Waals surface area (Å²) in [7, 11) is 0. The van der Waals surface area contributed by atoms with E-state index in [4.69, 9.17) is 5.73 Å². The monoisotopic (exact) mass is 498 g/mol. The quantitative estimate of drug-likeness (QED) is 0.222. The van der Waals surface area contributed by atoms with Crippen molar-refractivity contribution in [3.05, 3.63) is 65.9 Å². The number of hydrogen-bond acceptors (Lipinski definition) is 6. The maximum atomic E-state index is 13.3. The van der Waals surface area contributed by atoms with Crippen molar-refractivity contribution in [3.63, 3.8) is 0 Å². The number of aliphatic carboxylic acids is 1. The third kappa shape index (κ3) is 7.24. The van der Waals surface area contributed by atoms with E-state index in [1.165, 1.54) is 12.1 Å². The molecule has 0 radical (unpaired) electrons. The predicted molar refractivity (Wildman–Crippen MR) is 136 cm³/mol. The van der Waals surface area contributed by atoms with Crippen LogP contribution in [0.2, 0.25) is 0 Å². The van der Waals surface area contributed by atoms with Crippen LogP contribution in [-0.4, -0.2) is 63.1 Å². The number of H-pyrrole nitrogens is 1. The van der Waals surface area contributed by atoms with Crippen LogP contribution in [0, 0.1) is 0 Å². The van der Waals surface area contributed by atoms with Crippen LogP contribution in [0.1, 0.15) is 17.5 Å². The number of fused-ring (bicyclic) bond motifs is 1. The SMILES string of the molecule is CSCC[C@H](N)C(=O)N[C@@H](Cc1c[nH]c2ccccc12)C(=O)N[C@@H](Cc1ccc(O)cc1)C(=O)O. The number of carbonyl (C=O) groups excluding carboxylic acids is 2. The van der Waals surface area contributed by atoms with Gasteiger partial charge in [0.2, 0.25) is 11.8 Å². The van der Waals surface area contributed by atoms with Gasteiger partial charge in [0.15, 0.2) is 0 Å².